The van der Waals surface area contributed by atoms with E-state index in [1.807, 2.05) is 20.8 Å². The van der Waals surface area contributed by atoms with Crippen LogP contribution in [-0.4, -0.2) is 36.6 Å². The maximum absolute atomic E-state index is 12.3. The molecule has 2 aromatic carbocycles. The summed E-state index contributed by atoms with van der Waals surface area (Å²) in [7, 11) is 0. The molecule has 0 heterocycles. The first-order valence-corrected chi connectivity index (χ1v) is 9.89. The minimum atomic E-state index is -0.721. The fourth-order valence-electron chi connectivity index (χ4n) is 2.40. The van der Waals surface area contributed by atoms with Gasteiger partial charge in [0.2, 0.25) is 0 Å². The topological polar surface area (TPSA) is 117 Å². The van der Waals surface area contributed by atoms with Gasteiger partial charge in [0.25, 0.3) is 11.6 Å². The Morgan fingerprint density at radius 3 is 2.48 bits per heavy atom. The summed E-state index contributed by atoms with van der Waals surface area (Å²) in [5.41, 5.74) is 0.153. The lowest BCUT2D eigenvalue weighted by Gasteiger charge is -2.14. The molecule has 0 aliphatic rings. The van der Waals surface area contributed by atoms with Crippen molar-refractivity contribution < 1.29 is 28.7 Å². The van der Waals surface area contributed by atoms with Crippen LogP contribution in [0.4, 0.5) is 11.4 Å². The van der Waals surface area contributed by atoms with Crippen molar-refractivity contribution in [3.05, 3.63) is 57.1 Å². The molecule has 0 aliphatic heterocycles. The highest BCUT2D eigenvalue weighted by molar-refractivity contribution is 6.34. The van der Waals surface area contributed by atoms with Gasteiger partial charge in [-0.25, -0.2) is 4.79 Å². The number of rotatable bonds is 10. The van der Waals surface area contributed by atoms with Gasteiger partial charge in [0.1, 0.15) is 0 Å². The van der Waals surface area contributed by atoms with Gasteiger partial charge in [-0.2, -0.15) is 0 Å². The van der Waals surface area contributed by atoms with E-state index in [1.54, 1.807) is 6.07 Å². The molecule has 9 nitrogen and oxygen atoms in total. The molecule has 0 atom stereocenters. The van der Waals surface area contributed by atoms with Gasteiger partial charge >= 0.3 is 5.97 Å². The van der Waals surface area contributed by atoms with E-state index in [4.69, 9.17) is 25.8 Å². The van der Waals surface area contributed by atoms with Crippen LogP contribution >= 0.6 is 11.6 Å². The zero-order valence-corrected chi connectivity index (χ0v) is 18.1. The van der Waals surface area contributed by atoms with Crippen LogP contribution in [0.1, 0.15) is 31.1 Å². The number of ether oxygens (including phenoxy) is 3. The molecule has 0 saturated carbocycles. The molecule has 0 spiro atoms. The summed E-state index contributed by atoms with van der Waals surface area (Å²) in [6, 6.07) is 8.23. The second-order valence-corrected chi connectivity index (χ2v) is 7.25. The van der Waals surface area contributed by atoms with Gasteiger partial charge in [0.05, 0.1) is 34.4 Å². The van der Waals surface area contributed by atoms with Crippen LogP contribution in [0.3, 0.4) is 0 Å². The van der Waals surface area contributed by atoms with Crippen LogP contribution in [-0.2, 0) is 9.53 Å². The molecule has 0 aromatic heterocycles. The van der Waals surface area contributed by atoms with E-state index in [2.05, 4.69) is 5.32 Å². The van der Waals surface area contributed by atoms with Crippen molar-refractivity contribution in [3.63, 3.8) is 0 Å². The van der Waals surface area contributed by atoms with Gasteiger partial charge in [-0.15, -0.1) is 0 Å². The molecule has 0 fully saturated rings. The predicted octanol–water partition coefficient (Wildman–Crippen LogP) is 4.48. The number of benzene rings is 2. The molecule has 0 saturated heterocycles. The van der Waals surface area contributed by atoms with Crippen molar-refractivity contribution in [2.75, 3.05) is 25.1 Å². The SMILES string of the molecule is CCOc1cc(C(=O)OCC(=O)Nc2ccc([N+](=O)[O-])cc2Cl)ccc1OCC(C)C. The molecule has 1 N–H and O–H groups in total. The average molecular weight is 451 g/mol. The highest BCUT2D eigenvalue weighted by atomic mass is 35.5. The predicted molar refractivity (Wildman–Crippen MR) is 115 cm³/mol. The summed E-state index contributed by atoms with van der Waals surface area (Å²) in [5.74, 6) is -0.133. The smallest absolute Gasteiger partial charge is 0.338 e. The molecule has 31 heavy (non-hydrogen) atoms. The molecule has 0 radical (unpaired) electrons. The molecular formula is C21H23ClN2O7. The van der Waals surface area contributed by atoms with E-state index in [0.717, 1.165) is 6.07 Å². The number of carbonyl (C=O) groups excluding carboxylic acids is 2. The Morgan fingerprint density at radius 2 is 1.87 bits per heavy atom. The zero-order chi connectivity index (χ0) is 23.0. The third-order valence-corrected chi connectivity index (χ3v) is 4.14. The van der Waals surface area contributed by atoms with E-state index in [-0.39, 0.29) is 22.0 Å². The molecule has 0 unspecified atom stereocenters. The van der Waals surface area contributed by atoms with E-state index in [9.17, 15) is 19.7 Å². The van der Waals surface area contributed by atoms with E-state index < -0.39 is 23.4 Å². The summed E-state index contributed by atoms with van der Waals surface area (Å²) in [6.07, 6.45) is 0. The number of hydrogen-bond donors (Lipinski definition) is 1. The highest BCUT2D eigenvalue weighted by Crippen LogP contribution is 2.29. The fraction of sp³-hybridized carbons (Fsp3) is 0.333. The maximum atomic E-state index is 12.3. The molecule has 2 aromatic rings. The molecule has 1 amide bonds. The standard InChI is InChI=1S/C21H23ClN2O7/c1-4-29-19-9-14(5-8-18(19)30-11-13(2)3)21(26)31-12-20(25)23-17-7-6-15(24(27)28)10-16(17)22/h5-10,13H,4,11-12H2,1-3H3,(H,23,25). The Kier molecular flexibility index (Phi) is 8.63. The minimum absolute atomic E-state index is 0.00720. The van der Waals surface area contributed by atoms with Crippen LogP contribution in [0.15, 0.2) is 36.4 Å². The number of anilines is 1. The summed E-state index contributed by atoms with van der Waals surface area (Å²) in [5, 5.41) is 13.2. The van der Waals surface area contributed by atoms with Crippen LogP contribution in [0.2, 0.25) is 5.02 Å². The molecular weight excluding hydrogens is 428 g/mol. The first kappa shape index (κ1) is 23.9. The van der Waals surface area contributed by atoms with Crippen LogP contribution in [0, 0.1) is 16.0 Å². The van der Waals surface area contributed by atoms with E-state index >= 15 is 0 Å². The molecule has 0 bridgehead atoms. The zero-order valence-electron chi connectivity index (χ0n) is 17.3. The largest absolute Gasteiger partial charge is 0.490 e. The van der Waals surface area contributed by atoms with Gasteiger partial charge < -0.3 is 19.5 Å². The lowest BCUT2D eigenvalue weighted by atomic mass is 10.2. The quantitative estimate of drug-likeness (QED) is 0.322. The molecule has 10 heteroatoms. The first-order valence-electron chi connectivity index (χ1n) is 9.51. The van der Waals surface area contributed by atoms with Gasteiger partial charge in [0.15, 0.2) is 18.1 Å². The maximum Gasteiger partial charge on any atom is 0.338 e. The third-order valence-electron chi connectivity index (χ3n) is 3.82. The van der Waals surface area contributed by atoms with Crippen molar-refractivity contribution in [1.29, 1.82) is 0 Å². The molecule has 166 valence electrons. The van der Waals surface area contributed by atoms with Crippen molar-refractivity contribution in [2.24, 2.45) is 5.92 Å². The fourth-order valence-corrected chi connectivity index (χ4v) is 2.62. The second-order valence-electron chi connectivity index (χ2n) is 6.84. The Morgan fingerprint density at radius 1 is 1.13 bits per heavy atom. The number of carbonyl (C=O) groups is 2. The average Bonchev–Trinajstić information content (AvgIpc) is 2.72. The van der Waals surface area contributed by atoms with Gasteiger partial charge in [-0.1, -0.05) is 25.4 Å². The number of esters is 1. The van der Waals surface area contributed by atoms with Crippen LogP contribution in [0.25, 0.3) is 0 Å². The number of nitro benzene ring substituents is 1. The number of non-ortho nitro benzene ring substituents is 1. The number of nitrogens with one attached hydrogen (secondary N) is 1. The summed E-state index contributed by atoms with van der Waals surface area (Å²) < 4.78 is 16.3. The van der Waals surface area contributed by atoms with Gasteiger partial charge in [0, 0.05) is 12.1 Å². The van der Waals surface area contributed by atoms with Crippen molar-refractivity contribution in [2.45, 2.75) is 20.8 Å². The Hall–Kier alpha value is -3.33. The van der Waals surface area contributed by atoms with Crippen molar-refractivity contribution in [1.82, 2.24) is 0 Å². The van der Waals surface area contributed by atoms with Gasteiger partial charge in [-0.3, -0.25) is 14.9 Å². The third kappa shape index (κ3) is 7.14. The number of amides is 1. The normalized spacial score (nSPS) is 10.5. The van der Waals surface area contributed by atoms with Crippen LogP contribution in [0.5, 0.6) is 11.5 Å². The lowest BCUT2D eigenvalue weighted by Crippen LogP contribution is -2.21. The van der Waals surface area contributed by atoms with Gasteiger partial charge in [-0.05, 0) is 37.1 Å². The monoisotopic (exact) mass is 450 g/mol. The number of halogens is 1. The first-order chi connectivity index (χ1) is 14.7. The lowest BCUT2D eigenvalue weighted by molar-refractivity contribution is -0.384. The van der Waals surface area contributed by atoms with Crippen molar-refractivity contribution in [3.8, 4) is 11.5 Å². The molecule has 2 rings (SSSR count). The minimum Gasteiger partial charge on any atom is -0.490 e. The van der Waals surface area contributed by atoms with Crippen molar-refractivity contribution >= 4 is 34.9 Å². The van der Waals surface area contributed by atoms with E-state index in [0.29, 0.717) is 30.6 Å². The van der Waals surface area contributed by atoms with E-state index in [1.165, 1.54) is 24.3 Å². The number of nitro groups is 1. The molecule has 0 aliphatic carbocycles. The summed E-state index contributed by atoms with van der Waals surface area (Å²) in [6.45, 7) is 6.15. The number of hydrogen-bond acceptors (Lipinski definition) is 7. The van der Waals surface area contributed by atoms with Crippen LogP contribution < -0.4 is 14.8 Å². The number of nitrogens with zero attached hydrogens (tertiary/aromatic N) is 1. The summed E-state index contributed by atoms with van der Waals surface area (Å²) in [4.78, 5) is 34.5. The Bertz CT molecular complexity index is 963. The second kappa shape index (κ2) is 11.2. The highest BCUT2D eigenvalue weighted by Gasteiger charge is 2.16. The Labute approximate surface area is 184 Å². The summed E-state index contributed by atoms with van der Waals surface area (Å²) >= 11 is 5.93. The Balaban J connectivity index is 1.99.